The van der Waals surface area contributed by atoms with Gasteiger partial charge in [-0.2, -0.15) is 0 Å². The first-order chi connectivity index (χ1) is 12.8. The van der Waals surface area contributed by atoms with Crippen LogP contribution in [0.4, 0.5) is 4.39 Å². The number of phenols is 1. The van der Waals surface area contributed by atoms with Gasteiger partial charge in [-0.05, 0) is 68.8 Å². The van der Waals surface area contributed by atoms with Crippen molar-refractivity contribution < 1.29 is 23.8 Å². The summed E-state index contributed by atoms with van der Waals surface area (Å²) in [5, 5.41) is 10.5. The van der Waals surface area contributed by atoms with Gasteiger partial charge < -0.3 is 14.6 Å². The number of hydrogen-bond donors (Lipinski definition) is 1. The number of hydrogen-bond acceptors (Lipinski definition) is 4. The van der Waals surface area contributed by atoms with E-state index in [0.29, 0.717) is 23.5 Å². The zero-order valence-electron chi connectivity index (χ0n) is 15.5. The van der Waals surface area contributed by atoms with Crippen molar-refractivity contribution in [3.63, 3.8) is 0 Å². The number of fused-ring (bicyclic) bond motifs is 1. The Bertz CT molecular complexity index is 942. The lowest BCUT2D eigenvalue weighted by molar-refractivity contribution is 0.104. The average Bonchev–Trinajstić information content (AvgIpc) is 2.61. The number of carbonyl (C=O) groups is 1. The van der Waals surface area contributed by atoms with E-state index < -0.39 is 11.4 Å². The maximum atomic E-state index is 13.6. The van der Waals surface area contributed by atoms with Crippen LogP contribution in [0.3, 0.4) is 0 Å². The van der Waals surface area contributed by atoms with Gasteiger partial charge in [-0.25, -0.2) is 4.39 Å². The minimum absolute atomic E-state index is 0.122. The molecular formula is C22H21FO4. The Balaban J connectivity index is 1.85. The predicted molar refractivity (Wildman–Crippen MR) is 103 cm³/mol. The van der Waals surface area contributed by atoms with Crippen LogP contribution in [0.5, 0.6) is 17.2 Å². The van der Waals surface area contributed by atoms with Gasteiger partial charge in [0.1, 0.15) is 17.1 Å². The van der Waals surface area contributed by atoms with Gasteiger partial charge >= 0.3 is 0 Å². The molecule has 27 heavy (non-hydrogen) atoms. The van der Waals surface area contributed by atoms with E-state index in [1.165, 1.54) is 24.3 Å². The molecule has 1 aliphatic rings. The highest BCUT2D eigenvalue weighted by Gasteiger charge is 2.25. The number of phenolic OH excluding ortho intramolecular Hbond substituents is 1. The Morgan fingerprint density at radius 2 is 2.07 bits per heavy atom. The van der Waals surface area contributed by atoms with Crippen LogP contribution < -0.4 is 9.47 Å². The normalized spacial score (nSPS) is 14.7. The van der Waals surface area contributed by atoms with E-state index in [0.717, 1.165) is 0 Å². The van der Waals surface area contributed by atoms with Crippen molar-refractivity contribution in [1.82, 2.24) is 0 Å². The zero-order chi connectivity index (χ0) is 19.6. The molecule has 2 aromatic rings. The third kappa shape index (κ3) is 4.03. The van der Waals surface area contributed by atoms with E-state index in [1.807, 2.05) is 19.9 Å². The summed E-state index contributed by atoms with van der Waals surface area (Å²) in [6.07, 6.45) is 6.47. The zero-order valence-corrected chi connectivity index (χ0v) is 15.5. The quantitative estimate of drug-likeness (QED) is 0.595. The lowest BCUT2D eigenvalue weighted by Crippen LogP contribution is -2.27. The molecule has 4 nitrogen and oxygen atoms in total. The van der Waals surface area contributed by atoms with Crippen LogP contribution in [0.1, 0.15) is 42.3 Å². The van der Waals surface area contributed by atoms with Crippen molar-refractivity contribution in [2.75, 3.05) is 6.61 Å². The minimum Gasteiger partial charge on any atom is -0.506 e. The molecule has 1 N–H and O–H groups in total. The number of aromatic hydroxyl groups is 1. The highest BCUT2D eigenvalue weighted by atomic mass is 19.1. The number of halogens is 1. The highest BCUT2D eigenvalue weighted by molar-refractivity contribution is 6.09. The summed E-state index contributed by atoms with van der Waals surface area (Å²) in [4.78, 5) is 12.5. The summed E-state index contributed by atoms with van der Waals surface area (Å²) in [6, 6.07) is 7.56. The molecule has 0 saturated heterocycles. The van der Waals surface area contributed by atoms with E-state index in [9.17, 15) is 14.3 Å². The number of ketones is 1. The molecule has 0 saturated carbocycles. The number of rotatable bonds is 5. The molecule has 0 spiro atoms. The summed E-state index contributed by atoms with van der Waals surface area (Å²) < 4.78 is 24.6. The second kappa shape index (κ2) is 7.27. The first kappa shape index (κ1) is 18.7. The van der Waals surface area contributed by atoms with E-state index in [2.05, 4.69) is 0 Å². The van der Waals surface area contributed by atoms with Crippen LogP contribution >= 0.6 is 0 Å². The van der Waals surface area contributed by atoms with Crippen molar-refractivity contribution in [3.8, 4) is 17.2 Å². The Labute approximate surface area is 157 Å². The number of allylic oxidation sites excluding steroid dienone is 1. The molecule has 0 unspecified atom stereocenters. The Morgan fingerprint density at radius 1 is 1.30 bits per heavy atom. The molecule has 0 bridgehead atoms. The lowest BCUT2D eigenvalue weighted by Gasteiger charge is -2.28. The molecule has 0 aromatic heterocycles. The van der Waals surface area contributed by atoms with Crippen LogP contribution in [-0.4, -0.2) is 23.1 Å². The fourth-order valence-electron chi connectivity index (χ4n) is 2.79. The first-order valence-corrected chi connectivity index (χ1v) is 8.69. The molecule has 0 amide bonds. The summed E-state index contributed by atoms with van der Waals surface area (Å²) in [7, 11) is 0. The average molecular weight is 368 g/mol. The fourth-order valence-corrected chi connectivity index (χ4v) is 2.79. The molecule has 1 aliphatic heterocycles. The standard InChI is InChI=1S/C22H21FO4/c1-4-26-20-13-14(5-8-17(20)23)6-9-18(24)15-7-10-19-16(21(15)25)11-12-22(2,3)27-19/h5-13,25H,4H2,1-3H3/b9-6+. The van der Waals surface area contributed by atoms with Gasteiger partial charge in [0, 0.05) is 0 Å². The number of carbonyl (C=O) groups excluding carboxylic acids is 1. The van der Waals surface area contributed by atoms with Gasteiger partial charge in [-0.3, -0.25) is 4.79 Å². The molecular weight excluding hydrogens is 347 g/mol. The maximum Gasteiger partial charge on any atom is 0.189 e. The third-order valence-corrected chi connectivity index (χ3v) is 4.15. The fraction of sp³-hybridized carbons (Fsp3) is 0.227. The minimum atomic E-state index is -0.467. The van der Waals surface area contributed by atoms with Crippen LogP contribution in [0.15, 0.2) is 42.5 Å². The highest BCUT2D eigenvalue weighted by Crippen LogP contribution is 2.38. The van der Waals surface area contributed by atoms with Gasteiger partial charge in [0.25, 0.3) is 0 Å². The van der Waals surface area contributed by atoms with Gasteiger partial charge in [0.05, 0.1) is 17.7 Å². The maximum absolute atomic E-state index is 13.6. The van der Waals surface area contributed by atoms with Crippen molar-refractivity contribution in [3.05, 3.63) is 65.0 Å². The van der Waals surface area contributed by atoms with Gasteiger partial charge in [0.15, 0.2) is 17.3 Å². The van der Waals surface area contributed by atoms with Crippen molar-refractivity contribution in [2.45, 2.75) is 26.4 Å². The molecule has 0 fully saturated rings. The van der Waals surface area contributed by atoms with E-state index in [-0.39, 0.29) is 22.8 Å². The third-order valence-electron chi connectivity index (χ3n) is 4.15. The van der Waals surface area contributed by atoms with Gasteiger partial charge in [-0.1, -0.05) is 12.1 Å². The first-order valence-electron chi connectivity index (χ1n) is 8.69. The summed E-state index contributed by atoms with van der Waals surface area (Å²) in [6.45, 7) is 5.93. The molecule has 5 heteroatoms. The van der Waals surface area contributed by atoms with Crippen LogP contribution in [0.25, 0.3) is 12.2 Å². The van der Waals surface area contributed by atoms with Crippen molar-refractivity contribution in [1.29, 1.82) is 0 Å². The monoisotopic (exact) mass is 368 g/mol. The summed E-state index contributed by atoms with van der Waals surface area (Å²) >= 11 is 0. The second-order valence-corrected chi connectivity index (χ2v) is 6.73. The molecule has 0 radical (unpaired) electrons. The van der Waals surface area contributed by atoms with Gasteiger partial charge in [-0.15, -0.1) is 0 Å². The lowest BCUT2D eigenvalue weighted by atomic mass is 9.98. The SMILES string of the molecule is CCOc1cc(/C=C/C(=O)c2ccc3c(c2O)C=CC(C)(C)O3)ccc1F. The van der Waals surface area contributed by atoms with Crippen molar-refractivity contribution >= 4 is 17.9 Å². The van der Waals surface area contributed by atoms with E-state index >= 15 is 0 Å². The van der Waals surface area contributed by atoms with Crippen LogP contribution in [0, 0.1) is 5.82 Å². The molecule has 3 rings (SSSR count). The topological polar surface area (TPSA) is 55.8 Å². The summed E-state index contributed by atoms with van der Waals surface area (Å²) in [5.74, 6) is -0.282. The molecule has 2 aromatic carbocycles. The van der Waals surface area contributed by atoms with Crippen LogP contribution in [-0.2, 0) is 0 Å². The Hall–Kier alpha value is -3.08. The number of benzene rings is 2. The largest absolute Gasteiger partial charge is 0.506 e. The van der Waals surface area contributed by atoms with E-state index in [1.54, 1.807) is 31.2 Å². The van der Waals surface area contributed by atoms with Gasteiger partial charge in [0.2, 0.25) is 0 Å². The summed E-state index contributed by atoms with van der Waals surface area (Å²) in [5.41, 5.74) is 0.806. The molecule has 140 valence electrons. The van der Waals surface area contributed by atoms with E-state index in [4.69, 9.17) is 9.47 Å². The smallest absolute Gasteiger partial charge is 0.189 e. The molecule has 1 heterocycles. The predicted octanol–water partition coefficient (Wildman–Crippen LogP) is 5.01. The Morgan fingerprint density at radius 3 is 2.81 bits per heavy atom. The van der Waals surface area contributed by atoms with Crippen molar-refractivity contribution in [2.24, 2.45) is 0 Å². The molecule has 0 aliphatic carbocycles. The number of ether oxygens (including phenoxy) is 2. The molecule has 0 atom stereocenters. The second-order valence-electron chi connectivity index (χ2n) is 6.73. The Kier molecular flexibility index (Phi) is 5.04. The van der Waals surface area contributed by atoms with Crippen LogP contribution in [0.2, 0.25) is 0 Å².